The van der Waals surface area contributed by atoms with Crippen molar-refractivity contribution in [2.24, 2.45) is 0 Å². The Morgan fingerprint density at radius 2 is 1.63 bits per heavy atom. The number of amides is 4. The first-order valence-electron chi connectivity index (χ1n) is 9.21. The van der Waals surface area contributed by atoms with Gasteiger partial charge in [0.2, 0.25) is 17.6 Å². The maximum Gasteiger partial charge on any atom is 0.324 e. The van der Waals surface area contributed by atoms with E-state index < -0.39 is 6.03 Å². The van der Waals surface area contributed by atoms with Gasteiger partial charge in [0.1, 0.15) is 0 Å². The van der Waals surface area contributed by atoms with E-state index in [4.69, 9.17) is 14.2 Å². The lowest BCUT2D eigenvalue weighted by atomic mass is 10.1. The smallest absolute Gasteiger partial charge is 0.324 e. The minimum absolute atomic E-state index is 0.0217. The fraction of sp³-hybridized carbons (Fsp3) is 0.286. The van der Waals surface area contributed by atoms with Crippen molar-refractivity contribution in [3.8, 4) is 17.2 Å². The van der Waals surface area contributed by atoms with Crippen LogP contribution < -0.4 is 24.8 Å². The molecule has 0 spiro atoms. The number of rotatable bonds is 8. The van der Waals surface area contributed by atoms with Crippen molar-refractivity contribution in [1.29, 1.82) is 0 Å². The standard InChI is InChI=1S/C21H23N3O6/c1-28-16-8-14(9-17(29-2)20(16)30-3)10-18(25)23-15-6-4-13(5-7-15)12-24-19(26)11-22-21(24)27/h4-9H,10-12H2,1-3H3,(H,22,27)(H,23,25). The largest absolute Gasteiger partial charge is 0.493 e. The first-order valence-corrected chi connectivity index (χ1v) is 9.21. The Balaban J connectivity index is 1.64. The molecular formula is C21H23N3O6. The second kappa shape index (κ2) is 9.17. The van der Waals surface area contributed by atoms with Crippen molar-refractivity contribution >= 4 is 23.5 Å². The predicted molar refractivity (Wildman–Crippen MR) is 109 cm³/mol. The summed E-state index contributed by atoms with van der Waals surface area (Å²) in [7, 11) is 4.55. The molecule has 9 heteroatoms. The van der Waals surface area contributed by atoms with Crippen molar-refractivity contribution in [2.75, 3.05) is 33.2 Å². The Kier molecular flexibility index (Phi) is 6.41. The molecule has 2 aromatic carbocycles. The molecule has 0 radical (unpaired) electrons. The Labute approximate surface area is 173 Å². The predicted octanol–water partition coefficient (Wildman–Crippen LogP) is 1.95. The fourth-order valence-electron chi connectivity index (χ4n) is 3.12. The molecule has 0 atom stereocenters. The number of benzene rings is 2. The second-order valence-corrected chi connectivity index (χ2v) is 6.59. The fourth-order valence-corrected chi connectivity index (χ4v) is 3.12. The molecule has 1 aliphatic rings. The minimum atomic E-state index is -0.400. The maximum absolute atomic E-state index is 12.5. The number of imide groups is 1. The Hall–Kier alpha value is -3.75. The zero-order valence-electron chi connectivity index (χ0n) is 17.0. The Morgan fingerprint density at radius 3 is 2.13 bits per heavy atom. The third-order valence-corrected chi connectivity index (χ3v) is 4.60. The summed E-state index contributed by atoms with van der Waals surface area (Å²) in [6, 6.07) is 10.0. The van der Waals surface area contributed by atoms with E-state index in [1.54, 1.807) is 36.4 Å². The average Bonchev–Trinajstić information content (AvgIpc) is 3.06. The summed E-state index contributed by atoms with van der Waals surface area (Å²) in [4.78, 5) is 36.9. The van der Waals surface area contributed by atoms with E-state index in [1.165, 1.54) is 21.3 Å². The van der Waals surface area contributed by atoms with Crippen molar-refractivity contribution in [1.82, 2.24) is 10.2 Å². The number of urea groups is 1. The highest BCUT2D eigenvalue weighted by atomic mass is 16.5. The van der Waals surface area contributed by atoms with Crippen molar-refractivity contribution in [3.63, 3.8) is 0 Å². The minimum Gasteiger partial charge on any atom is -0.493 e. The van der Waals surface area contributed by atoms with Crippen molar-refractivity contribution in [2.45, 2.75) is 13.0 Å². The van der Waals surface area contributed by atoms with Gasteiger partial charge in [-0.05, 0) is 35.4 Å². The van der Waals surface area contributed by atoms with Crippen LogP contribution in [0.1, 0.15) is 11.1 Å². The highest BCUT2D eigenvalue weighted by Gasteiger charge is 2.28. The molecule has 1 aliphatic heterocycles. The molecule has 4 amide bonds. The van der Waals surface area contributed by atoms with Crippen LogP contribution in [-0.4, -0.2) is 50.6 Å². The SMILES string of the molecule is COc1cc(CC(=O)Nc2ccc(CN3C(=O)CNC3=O)cc2)cc(OC)c1OC. The number of ether oxygens (including phenoxy) is 3. The van der Waals surface area contributed by atoms with Crippen molar-refractivity contribution in [3.05, 3.63) is 47.5 Å². The van der Waals surface area contributed by atoms with Gasteiger partial charge in [0.05, 0.1) is 40.8 Å². The van der Waals surface area contributed by atoms with Gasteiger partial charge in [-0.2, -0.15) is 0 Å². The van der Waals surface area contributed by atoms with Gasteiger partial charge in [0, 0.05) is 5.69 Å². The third-order valence-electron chi connectivity index (χ3n) is 4.60. The molecule has 30 heavy (non-hydrogen) atoms. The monoisotopic (exact) mass is 413 g/mol. The number of hydrogen-bond acceptors (Lipinski definition) is 6. The van der Waals surface area contributed by atoms with E-state index in [1.807, 2.05) is 0 Å². The molecule has 2 aromatic rings. The molecule has 9 nitrogen and oxygen atoms in total. The molecule has 0 bridgehead atoms. The van der Waals surface area contributed by atoms with Gasteiger partial charge in [0.15, 0.2) is 11.5 Å². The number of methoxy groups -OCH3 is 3. The Bertz CT molecular complexity index is 917. The highest BCUT2D eigenvalue weighted by molar-refractivity contribution is 6.01. The van der Waals surface area contributed by atoms with E-state index in [2.05, 4.69) is 10.6 Å². The molecule has 1 heterocycles. The zero-order valence-corrected chi connectivity index (χ0v) is 17.0. The van der Waals surface area contributed by atoms with Crippen molar-refractivity contribution < 1.29 is 28.6 Å². The van der Waals surface area contributed by atoms with Crippen LogP contribution in [0.15, 0.2) is 36.4 Å². The first kappa shape index (κ1) is 21.0. The topological polar surface area (TPSA) is 106 Å². The van der Waals surface area contributed by atoms with Crippen LogP contribution >= 0.6 is 0 Å². The molecule has 0 aliphatic carbocycles. The second-order valence-electron chi connectivity index (χ2n) is 6.59. The highest BCUT2D eigenvalue weighted by Crippen LogP contribution is 2.38. The number of carbonyl (C=O) groups is 3. The number of nitrogens with one attached hydrogen (secondary N) is 2. The molecule has 2 N–H and O–H groups in total. The summed E-state index contributed by atoms with van der Waals surface area (Å²) < 4.78 is 15.9. The summed E-state index contributed by atoms with van der Waals surface area (Å²) >= 11 is 0. The number of carbonyl (C=O) groups excluding carboxylic acids is 3. The zero-order chi connectivity index (χ0) is 21.7. The van der Waals surface area contributed by atoms with Crippen LogP contribution in [-0.2, 0) is 22.6 Å². The van der Waals surface area contributed by atoms with Crippen LogP contribution in [0.5, 0.6) is 17.2 Å². The third kappa shape index (κ3) is 4.62. The van der Waals surface area contributed by atoms with Gasteiger partial charge in [-0.15, -0.1) is 0 Å². The molecule has 158 valence electrons. The summed E-state index contributed by atoms with van der Waals surface area (Å²) in [5, 5.41) is 5.30. The normalized spacial score (nSPS) is 13.1. The maximum atomic E-state index is 12.5. The van der Waals surface area contributed by atoms with Gasteiger partial charge in [-0.3, -0.25) is 14.5 Å². The van der Waals surface area contributed by atoms with Crippen LogP contribution in [0.25, 0.3) is 0 Å². The van der Waals surface area contributed by atoms with E-state index in [0.29, 0.717) is 28.5 Å². The average molecular weight is 413 g/mol. The summed E-state index contributed by atoms with van der Waals surface area (Å²) in [5.74, 6) is 0.938. The summed E-state index contributed by atoms with van der Waals surface area (Å²) in [5.41, 5.74) is 2.09. The van der Waals surface area contributed by atoms with Crippen LogP contribution in [0.2, 0.25) is 0 Å². The number of hydrogen-bond donors (Lipinski definition) is 2. The summed E-state index contributed by atoms with van der Waals surface area (Å²) in [6.07, 6.45) is 0.112. The molecule has 0 unspecified atom stereocenters. The van der Waals surface area contributed by atoms with Gasteiger partial charge in [-0.1, -0.05) is 12.1 Å². The quantitative estimate of drug-likeness (QED) is 0.641. The van der Waals surface area contributed by atoms with Crippen LogP contribution in [0, 0.1) is 0 Å². The molecular weight excluding hydrogens is 390 g/mol. The van der Waals surface area contributed by atoms with E-state index in [-0.39, 0.29) is 31.3 Å². The number of nitrogens with zero attached hydrogens (tertiary/aromatic N) is 1. The molecule has 0 saturated carbocycles. The number of anilines is 1. The van der Waals surface area contributed by atoms with Crippen LogP contribution in [0.3, 0.4) is 0 Å². The van der Waals surface area contributed by atoms with Gasteiger partial charge in [-0.25, -0.2) is 4.79 Å². The van der Waals surface area contributed by atoms with E-state index >= 15 is 0 Å². The molecule has 0 aromatic heterocycles. The summed E-state index contributed by atoms with van der Waals surface area (Å²) in [6.45, 7) is 0.207. The van der Waals surface area contributed by atoms with E-state index in [0.717, 1.165) is 10.5 Å². The van der Waals surface area contributed by atoms with Crippen LogP contribution in [0.4, 0.5) is 10.5 Å². The van der Waals surface area contributed by atoms with Gasteiger partial charge < -0.3 is 24.8 Å². The first-order chi connectivity index (χ1) is 14.4. The Morgan fingerprint density at radius 1 is 1.00 bits per heavy atom. The van der Waals surface area contributed by atoms with Gasteiger partial charge in [0.25, 0.3) is 0 Å². The van der Waals surface area contributed by atoms with E-state index in [9.17, 15) is 14.4 Å². The lowest BCUT2D eigenvalue weighted by molar-refractivity contribution is -0.125. The molecule has 3 rings (SSSR count). The lowest BCUT2D eigenvalue weighted by Gasteiger charge is -2.14. The molecule has 1 saturated heterocycles. The molecule has 1 fully saturated rings. The van der Waals surface area contributed by atoms with Gasteiger partial charge >= 0.3 is 6.03 Å². The lowest BCUT2D eigenvalue weighted by Crippen LogP contribution is -2.30.